The van der Waals surface area contributed by atoms with Crippen LogP contribution >= 0.6 is 12.6 Å². The summed E-state index contributed by atoms with van der Waals surface area (Å²) in [6.07, 6.45) is -6.25. The fourth-order valence-corrected chi connectivity index (χ4v) is 3.26. The molecule has 0 N–H and O–H groups in total. The lowest BCUT2D eigenvalue weighted by atomic mass is 9.94. The molecule has 1 aliphatic heterocycles. The van der Waals surface area contributed by atoms with Crippen molar-refractivity contribution in [2.45, 2.75) is 63.7 Å². The summed E-state index contributed by atoms with van der Waals surface area (Å²) < 4.78 is 27.7. The quantitative estimate of drug-likeness (QED) is 0.382. The van der Waals surface area contributed by atoms with Gasteiger partial charge in [0.15, 0.2) is 12.2 Å². The zero-order chi connectivity index (χ0) is 22.4. The molecule has 1 saturated heterocycles. The molecule has 0 aliphatic carbocycles. The Labute approximate surface area is 179 Å². The van der Waals surface area contributed by atoms with E-state index in [0.29, 0.717) is 5.75 Å². The summed E-state index contributed by atoms with van der Waals surface area (Å²) in [7, 11) is 0. The van der Waals surface area contributed by atoms with Crippen molar-refractivity contribution in [2.75, 3.05) is 0 Å². The summed E-state index contributed by atoms with van der Waals surface area (Å²) in [5.41, 5.74) is 0. The van der Waals surface area contributed by atoms with Crippen molar-refractivity contribution in [1.29, 1.82) is 0 Å². The van der Waals surface area contributed by atoms with Crippen molar-refractivity contribution in [3.05, 3.63) is 30.3 Å². The number of ketones is 1. The van der Waals surface area contributed by atoms with Crippen LogP contribution in [0.2, 0.25) is 0 Å². The number of carbonyl (C=O) groups is 4. The molecule has 1 fully saturated rings. The highest BCUT2D eigenvalue weighted by atomic mass is 32.1. The van der Waals surface area contributed by atoms with E-state index in [1.54, 1.807) is 30.3 Å². The number of thiol groups is 1. The molecule has 0 bridgehead atoms. The van der Waals surface area contributed by atoms with Gasteiger partial charge in [-0.2, -0.15) is 12.6 Å². The average Bonchev–Trinajstić information content (AvgIpc) is 2.65. The molecular weight excluding hydrogens is 416 g/mol. The second-order valence-corrected chi connectivity index (χ2v) is 7.23. The minimum Gasteiger partial charge on any atom is -0.461 e. The molecule has 0 saturated carbocycles. The number of para-hydroxylation sites is 1. The summed E-state index contributed by atoms with van der Waals surface area (Å²) in [6.45, 7) is 4.75. The van der Waals surface area contributed by atoms with E-state index in [2.05, 4.69) is 12.6 Å². The number of hydrogen-bond acceptors (Lipinski definition) is 10. The summed E-state index contributed by atoms with van der Waals surface area (Å²) in [5.74, 6) is -2.11. The number of carbonyl (C=O) groups excluding carboxylic acids is 4. The Balaban J connectivity index is 2.50. The molecule has 9 nitrogen and oxygen atoms in total. The summed E-state index contributed by atoms with van der Waals surface area (Å²) in [5, 5.41) is -1.03. The first-order valence-corrected chi connectivity index (χ1v) is 9.69. The first kappa shape index (κ1) is 23.7. The molecule has 6 atom stereocenters. The smallest absolute Gasteiger partial charge is 0.303 e. The molecule has 0 aromatic heterocycles. The Morgan fingerprint density at radius 3 is 1.83 bits per heavy atom. The lowest BCUT2D eigenvalue weighted by Crippen LogP contribution is -2.65. The van der Waals surface area contributed by atoms with Crippen LogP contribution in [0.1, 0.15) is 27.7 Å². The van der Waals surface area contributed by atoms with Crippen LogP contribution in [0.5, 0.6) is 5.75 Å². The third-order valence-corrected chi connectivity index (χ3v) is 4.82. The minimum absolute atomic E-state index is 0.369. The van der Waals surface area contributed by atoms with Gasteiger partial charge in [-0.15, -0.1) is 0 Å². The van der Waals surface area contributed by atoms with Gasteiger partial charge in [-0.3, -0.25) is 19.2 Å². The number of rotatable bonds is 7. The highest BCUT2D eigenvalue weighted by molar-refractivity contribution is 7.81. The fourth-order valence-electron chi connectivity index (χ4n) is 3.02. The SMILES string of the molecule is CC(=O)O[C@H]1[C@@H](OC(C)=O)[C@@H](C(S)C(C)=O)O[C@H](Oc2ccccc2)[C@@H]1OC(C)=O. The van der Waals surface area contributed by atoms with Crippen LogP contribution in [0, 0.1) is 0 Å². The van der Waals surface area contributed by atoms with Crippen LogP contribution < -0.4 is 4.74 Å². The van der Waals surface area contributed by atoms with Crippen LogP contribution in [0.4, 0.5) is 0 Å². The summed E-state index contributed by atoms with van der Waals surface area (Å²) in [4.78, 5) is 47.2. The number of benzene rings is 1. The van der Waals surface area contributed by atoms with E-state index < -0.39 is 53.9 Å². The van der Waals surface area contributed by atoms with Crippen LogP contribution in [0.15, 0.2) is 30.3 Å². The molecular formula is C20H24O9S. The zero-order valence-corrected chi connectivity index (χ0v) is 17.9. The summed E-state index contributed by atoms with van der Waals surface area (Å²) >= 11 is 4.28. The first-order chi connectivity index (χ1) is 14.1. The first-order valence-electron chi connectivity index (χ1n) is 9.17. The number of ether oxygens (including phenoxy) is 5. The molecule has 1 aromatic rings. The van der Waals surface area contributed by atoms with Gasteiger partial charge in [0.1, 0.15) is 17.6 Å². The Bertz CT molecular complexity index is 782. The molecule has 0 spiro atoms. The Hall–Kier alpha value is -2.59. The van der Waals surface area contributed by atoms with E-state index in [4.69, 9.17) is 23.7 Å². The Morgan fingerprint density at radius 2 is 1.33 bits per heavy atom. The Morgan fingerprint density at radius 1 is 0.833 bits per heavy atom. The molecule has 164 valence electrons. The van der Waals surface area contributed by atoms with Crippen LogP contribution in [0.3, 0.4) is 0 Å². The highest BCUT2D eigenvalue weighted by Crippen LogP contribution is 2.33. The van der Waals surface area contributed by atoms with Crippen molar-refractivity contribution < 1.29 is 42.9 Å². The highest BCUT2D eigenvalue weighted by Gasteiger charge is 2.55. The molecule has 1 heterocycles. The molecule has 30 heavy (non-hydrogen) atoms. The average molecular weight is 440 g/mol. The maximum atomic E-state index is 12.0. The zero-order valence-electron chi connectivity index (χ0n) is 17.0. The van der Waals surface area contributed by atoms with Gasteiger partial charge >= 0.3 is 17.9 Å². The van der Waals surface area contributed by atoms with Crippen molar-refractivity contribution in [2.24, 2.45) is 0 Å². The van der Waals surface area contributed by atoms with Gasteiger partial charge in [-0.1, -0.05) is 18.2 Å². The largest absolute Gasteiger partial charge is 0.461 e. The van der Waals surface area contributed by atoms with Crippen LogP contribution in [-0.2, 0) is 38.1 Å². The lowest BCUT2D eigenvalue weighted by Gasteiger charge is -2.45. The maximum absolute atomic E-state index is 12.0. The number of esters is 3. The van der Waals surface area contributed by atoms with E-state index in [1.165, 1.54) is 6.92 Å². The predicted octanol–water partition coefficient (Wildman–Crippen LogP) is 1.47. The molecule has 0 amide bonds. The van der Waals surface area contributed by atoms with Gasteiger partial charge in [0, 0.05) is 20.8 Å². The van der Waals surface area contributed by atoms with E-state index >= 15 is 0 Å². The molecule has 0 radical (unpaired) electrons. The second kappa shape index (κ2) is 10.4. The topological polar surface area (TPSA) is 114 Å². The Kier molecular flexibility index (Phi) is 8.24. The molecule has 1 aromatic carbocycles. The van der Waals surface area contributed by atoms with Crippen molar-refractivity contribution in [1.82, 2.24) is 0 Å². The molecule has 1 unspecified atom stereocenters. The van der Waals surface area contributed by atoms with Crippen molar-refractivity contribution >= 4 is 36.3 Å². The van der Waals surface area contributed by atoms with Crippen molar-refractivity contribution in [3.8, 4) is 5.75 Å². The van der Waals surface area contributed by atoms with Crippen molar-refractivity contribution in [3.63, 3.8) is 0 Å². The van der Waals surface area contributed by atoms with E-state index in [1.807, 2.05) is 0 Å². The van der Waals surface area contributed by atoms with Crippen LogP contribution in [-0.4, -0.2) is 59.6 Å². The van der Waals surface area contributed by atoms with E-state index in [0.717, 1.165) is 20.8 Å². The normalized spacial score (nSPS) is 26.8. The summed E-state index contributed by atoms with van der Waals surface area (Å²) in [6, 6.07) is 8.51. The lowest BCUT2D eigenvalue weighted by molar-refractivity contribution is -0.282. The third-order valence-electron chi connectivity index (χ3n) is 4.16. The molecule has 2 rings (SSSR count). The van der Waals surface area contributed by atoms with Gasteiger partial charge < -0.3 is 23.7 Å². The third kappa shape index (κ3) is 6.20. The van der Waals surface area contributed by atoms with Crippen LogP contribution in [0.25, 0.3) is 0 Å². The van der Waals surface area contributed by atoms with E-state index in [-0.39, 0.29) is 5.78 Å². The van der Waals surface area contributed by atoms with Gasteiger partial charge in [0.2, 0.25) is 12.4 Å². The second-order valence-electron chi connectivity index (χ2n) is 6.68. The van der Waals surface area contributed by atoms with Gasteiger partial charge in [0.05, 0.1) is 5.25 Å². The minimum atomic E-state index is -1.29. The number of Topliss-reactive ketones (excluding diaryl/α,β-unsaturated/α-hetero) is 1. The van der Waals surface area contributed by atoms with E-state index in [9.17, 15) is 19.2 Å². The van der Waals surface area contributed by atoms with Gasteiger partial charge in [-0.05, 0) is 19.1 Å². The molecule has 1 aliphatic rings. The number of hydrogen-bond donors (Lipinski definition) is 1. The standard InChI is InChI=1S/C20H24O9S/c1-10(21)19(30)17-15(25-11(2)22)16(26-12(3)23)18(27-13(4)24)20(29-17)28-14-8-6-5-7-9-14/h5-9,15-20,30H,1-4H3/t15-,16+,17+,18-,19?,20+/m1/s1. The van der Waals surface area contributed by atoms with Gasteiger partial charge in [0.25, 0.3) is 0 Å². The monoisotopic (exact) mass is 440 g/mol. The van der Waals surface area contributed by atoms with Gasteiger partial charge in [-0.25, -0.2) is 0 Å². The molecule has 10 heteroatoms. The predicted molar refractivity (Wildman–Crippen MR) is 106 cm³/mol. The maximum Gasteiger partial charge on any atom is 0.303 e. The fraction of sp³-hybridized carbons (Fsp3) is 0.500.